The minimum Gasteiger partial charge on any atom is -0.333 e. The van der Waals surface area contributed by atoms with E-state index in [1.165, 1.54) is 12.5 Å². The topological polar surface area (TPSA) is 87.0 Å². The monoisotopic (exact) mass is 475 g/mol. The summed E-state index contributed by atoms with van der Waals surface area (Å²) >= 11 is 5.71. The molecule has 2 rings (SSSR count). The smallest absolute Gasteiger partial charge is 0.333 e. The first-order valence-electron chi connectivity index (χ1n) is 8.94. The fraction of sp³-hybridized carbons (Fsp3) is 0.368. The van der Waals surface area contributed by atoms with Crippen molar-refractivity contribution in [3.63, 3.8) is 0 Å². The summed E-state index contributed by atoms with van der Waals surface area (Å²) < 4.78 is 52.0. The molecule has 168 valence electrons. The summed E-state index contributed by atoms with van der Waals surface area (Å²) in [7, 11) is -1.20. The first-order valence-corrected chi connectivity index (χ1v) is 10.9. The molecule has 12 heteroatoms. The summed E-state index contributed by atoms with van der Waals surface area (Å²) in [6.07, 6.45) is -1.79. The Morgan fingerprint density at radius 2 is 2.03 bits per heavy atom. The normalized spacial score (nSPS) is 19.4. The third kappa shape index (κ3) is 6.01. The van der Waals surface area contributed by atoms with Crippen LogP contribution in [0.2, 0.25) is 0 Å². The van der Waals surface area contributed by atoms with E-state index < -0.39 is 28.9 Å². The number of nitrogens with one attached hydrogen (secondary N) is 1. The number of rotatable bonds is 5. The van der Waals surface area contributed by atoms with Crippen LogP contribution in [0, 0.1) is 0 Å². The van der Waals surface area contributed by atoms with Gasteiger partial charge in [-0.3, -0.25) is 23.9 Å². The van der Waals surface area contributed by atoms with Crippen molar-refractivity contribution in [2.75, 3.05) is 6.26 Å². The molecule has 2 atom stereocenters. The number of alkyl halides is 3. The van der Waals surface area contributed by atoms with Gasteiger partial charge in [-0.05, 0) is 38.5 Å². The molecule has 0 radical (unpaired) electrons. The Hall–Kier alpha value is -2.53. The van der Waals surface area contributed by atoms with Crippen molar-refractivity contribution in [2.45, 2.75) is 44.4 Å². The average Bonchev–Trinajstić information content (AvgIpc) is 2.66. The fourth-order valence-corrected chi connectivity index (χ4v) is 3.12. The Balaban J connectivity index is 2.49. The first kappa shape index (κ1) is 24.7. The second-order valence-corrected chi connectivity index (χ2v) is 8.62. The van der Waals surface area contributed by atoms with Crippen molar-refractivity contribution in [3.8, 4) is 0 Å². The molecule has 0 aromatic carbocycles. The van der Waals surface area contributed by atoms with Gasteiger partial charge in [0.15, 0.2) is 11.7 Å². The lowest BCUT2D eigenvalue weighted by Crippen LogP contribution is -2.60. The van der Waals surface area contributed by atoms with Gasteiger partial charge in [0.25, 0.3) is 5.91 Å². The van der Waals surface area contributed by atoms with Crippen molar-refractivity contribution in [1.29, 1.82) is 0 Å². The largest absolute Gasteiger partial charge is 0.409 e. The van der Waals surface area contributed by atoms with Crippen LogP contribution in [0.5, 0.6) is 0 Å². The van der Waals surface area contributed by atoms with Crippen molar-refractivity contribution in [1.82, 2.24) is 15.2 Å². The van der Waals surface area contributed by atoms with E-state index in [0.29, 0.717) is 21.1 Å². The summed E-state index contributed by atoms with van der Waals surface area (Å²) in [5.74, 6) is -1.60. The molecule has 1 fully saturated rings. The highest BCUT2D eigenvalue weighted by atomic mass is 35.5. The molecule has 2 heterocycles. The van der Waals surface area contributed by atoms with E-state index >= 15 is 0 Å². The van der Waals surface area contributed by atoms with Crippen LogP contribution in [-0.4, -0.2) is 50.1 Å². The number of carbonyl (C=O) groups is 1. The van der Waals surface area contributed by atoms with E-state index in [9.17, 15) is 22.2 Å². The lowest BCUT2D eigenvalue weighted by Gasteiger charge is -2.37. The van der Waals surface area contributed by atoms with Gasteiger partial charge in [-0.25, -0.2) is 4.99 Å². The van der Waals surface area contributed by atoms with E-state index in [1.54, 1.807) is 26.0 Å². The lowest BCUT2D eigenvalue weighted by atomic mass is 10.1. The molecule has 1 N–H and O–H groups in total. The summed E-state index contributed by atoms with van der Waals surface area (Å²) in [6, 6.07) is 0.995. The van der Waals surface area contributed by atoms with Crippen LogP contribution < -0.4 is 5.32 Å². The second kappa shape index (κ2) is 9.73. The number of allylic oxidation sites excluding steroid dienone is 1. The van der Waals surface area contributed by atoms with Crippen LogP contribution in [0.25, 0.3) is 0 Å². The number of pyridine rings is 1. The number of nitrogens with zero attached hydrogens (tertiary/aromatic N) is 4. The predicted molar refractivity (Wildman–Crippen MR) is 114 cm³/mol. The van der Waals surface area contributed by atoms with Gasteiger partial charge in [0.1, 0.15) is 11.2 Å². The van der Waals surface area contributed by atoms with Crippen LogP contribution in [0.15, 0.2) is 56.2 Å². The maximum absolute atomic E-state index is 13.5. The van der Waals surface area contributed by atoms with Crippen molar-refractivity contribution in [3.05, 3.63) is 47.0 Å². The number of amides is 1. The summed E-state index contributed by atoms with van der Waals surface area (Å²) in [5, 5.41) is 2.48. The van der Waals surface area contributed by atoms with Gasteiger partial charge in [-0.15, -0.1) is 0 Å². The van der Waals surface area contributed by atoms with Crippen LogP contribution in [0.3, 0.4) is 0 Å². The molecule has 1 amide bonds. The zero-order chi connectivity index (χ0) is 23.5. The van der Waals surface area contributed by atoms with E-state index in [0.717, 1.165) is 6.92 Å². The molecule has 1 saturated heterocycles. The Morgan fingerprint density at radius 3 is 2.48 bits per heavy atom. The number of amidine groups is 2. The van der Waals surface area contributed by atoms with Gasteiger partial charge in [0.2, 0.25) is 0 Å². The van der Waals surface area contributed by atoms with Gasteiger partial charge < -0.3 is 5.32 Å². The van der Waals surface area contributed by atoms with E-state index in [1.807, 2.05) is 0 Å². The Bertz CT molecular complexity index is 999. The van der Waals surface area contributed by atoms with Crippen LogP contribution >= 0.6 is 11.6 Å². The quantitative estimate of drug-likeness (QED) is 0.660. The first-order chi connectivity index (χ1) is 14.3. The molecule has 0 bridgehead atoms. The van der Waals surface area contributed by atoms with Crippen molar-refractivity contribution in [2.24, 2.45) is 9.98 Å². The van der Waals surface area contributed by atoms with Gasteiger partial charge in [0, 0.05) is 12.5 Å². The summed E-state index contributed by atoms with van der Waals surface area (Å²) in [4.78, 5) is 26.1. The SMILES string of the molecule is C=C(Cl)N=C1C(=C(C)C)NC(=NCc2ccc(S(C)=O)cn2)C(=O)N1[C@@H](C)C(F)(F)F. The predicted octanol–water partition coefficient (Wildman–Crippen LogP) is 3.50. The molecule has 0 saturated carbocycles. The molecule has 7 nitrogen and oxygen atoms in total. The van der Waals surface area contributed by atoms with Gasteiger partial charge in [-0.1, -0.05) is 18.2 Å². The average molecular weight is 476 g/mol. The van der Waals surface area contributed by atoms with E-state index in [2.05, 4.69) is 26.9 Å². The third-order valence-corrected chi connectivity index (χ3v) is 5.22. The van der Waals surface area contributed by atoms with Crippen LogP contribution in [0.4, 0.5) is 13.2 Å². The minimum absolute atomic E-state index is 0.0797. The fourth-order valence-electron chi connectivity index (χ4n) is 2.58. The maximum atomic E-state index is 13.5. The number of hydrogen-bond donors (Lipinski definition) is 1. The number of piperazine rings is 1. The summed E-state index contributed by atoms with van der Waals surface area (Å²) in [6.45, 7) is 7.44. The van der Waals surface area contributed by atoms with E-state index in [-0.39, 0.29) is 29.1 Å². The molecule has 1 aliphatic rings. The van der Waals surface area contributed by atoms with Crippen molar-refractivity contribution < 1.29 is 22.2 Å². The van der Waals surface area contributed by atoms with Gasteiger partial charge in [0.05, 0.1) is 33.6 Å². The Morgan fingerprint density at radius 1 is 1.39 bits per heavy atom. The van der Waals surface area contributed by atoms with E-state index in [4.69, 9.17) is 11.6 Å². The van der Waals surface area contributed by atoms with Crippen LogP contribution in [0.1, 0.15) is 26.5 Å². The summed E-state index contributed by atoms with van der Waals surface area (Å²) in [5.41, 5.74) is 1.17. The molecule has 1 aromatic heterocycles. The molecular formula is C19H21ClF3N5O2S. The minimum atomic E-state index is -4.72. The molecule has 1 aromatic rings. The number of hydrogen-bond acceptors (Lipinski definition) is 5. The number of halogens is 4. The lowest BCUT2D eigenvalue weighted by molar-refractivity contribution is -0.173. The maximum Gasteiger partial charge on any atom is 0.409 e. The zero-order valence-corrected chi connectivity index (χ0v) is 18.8. The third-order valence-electron chi connectivity index (χ3n) is 4.23. The molecule has 0 aliphatic carbocycles. The molecule has 31 heavy (non-hydrogen) atoms. The molecule has 1 unspecified atom stereocenters. The second-order valence-electron chi connectivity index (χ2n) is 6.81. The number of carbonyl (C=O) groups excluding carboxylic acids is 1. The Labute approximate surface area is 185 Å². The zero-order valence-electron chi connectivity index (χ0n) is 17.2. The van der Waals surface area contributed by atoms with Gasteiger partial charge in [-0.2, -0.15) is 13.2 Å². The van der Waals surface area contributed by atoms with Crippen molar-refractivity contribution >= 4 is 40.0 Å². The van der Waals surface area contributed by atoms with Crippen LogP contribution in [-0.2, 0) is 22.1 Å². The standard InChI is InChI=1S/C19H21ClF3N5O2S/c1-10(2)15-17(26-12(4)20)28(11(3)19(21,22)23)18(29)16(27-15)25-8-13-6-7-14(9-24-13)31(5)30/h6-7,9,11H,4,8H2,1-3,5H3,(H,25,27)/t11-,31?/m0/s1. The molecule has 1 aliphatic heterocycles. The molecular weight excluding hydrogens is 455 g/mol. The highest BCUT2D eigenvalue weighted by molar-refractivity contribution is 7.84. The number of aliphatic imine (C=N–C) groups is 2. The highest BCUT2D eigenvalue weighted by Crippen LogP contribution is 2.29. The Kier molecular flexibility index (Phi) is 7.77. The molecule has 0 spiro atoms. The van der Waals surface area contributed by atoms with Gasteiger partial charge >= 0.3 is 6.18 Å². The number of aromatic nitrogens is 1. The highest BCUT2D eigenvalue weighted by Gasteiger charge is 2.48.